The van der Waals surface area contributed by atoms with Crippen LogP contribution in [0.15, 0.2) is 4.79 Å². The summed E-state index contributed by atoms with van der Waals surface area (Å²) in [5, 5.41) is 4.41. The van der Waals surface area contributed by atoms with E-state index in [1.54, 1.807) is 4.57 Å². The molecular formula is C16H26N4O2. The fraction of sp³-hybridized carbons (Fsp3) is 0.812. The molecule has 6 nitrogen and oxygen atoms in total. The van der Waals surface area contributed by atoms with Crippen LogP contribution < -0.4 is 5.69 Å². The fourth-order valence-electron chi connectivity index (χ4n) is 3.16. The molecule has 0 atom stereocenters. The average molecular weight is 306 g/mol. The third kappa shape index (κ3) is 3.42. The molecule has 1 saturated carbocycles. The van der Waals surface area contributed by atoms with Crippen LogP contribution in [0, 0.1) is 5.92 Å². The first kappa shape index (κ1) is 15.3. The Kier molecular flexibility index (Phi) is 4.64. The van der Waals surface area contributed by atoms with Gasteiger partial charge in [-0.1, -0.05) is 13.3 Å². The topological polar surface area (TPSA) is 60.1 Å². The highest BCUT2D eigenvalue weighted by atomic mass is 16.2. The summed E-state index contributed by atoms with van der Waals surface area (Å²) in [6.07, 6.45) is 7.50. The third-order valence-corrected chi connectivity index (χ3v) is 4.59. The normalized spacial score (nSPS) is 17.9. The summed E-state index contributed by atoms with van der Waals surface area (Å²) in [6.45, 7) is 4.53. The molecule has 6 heteroatoms. The van der Waals surface area contributed by atoms with Crippen LogP contribution in [-0.2, 0) is 24.3 Å². The van der Waals surface area contributed by atoms with Gasteiger partial charge in [-0.25, -0.2) is 9.48 Å². The number of amides is 1. The van der Waals surface area contributed by atoms with Crippen molar-refractivity contribution in [2.24, 2.45) is 5.92 Å². The second kappa shape index (κ2) is 6.67. The summed E-state index contributed by atoms with van der Waals surface area (Å²) >= 11 is 0. The van der Waals surface area contributed by atoms with Crippen molar-refractivity contribution in [2.75, 3.05) is 13.1 Å². The van der Waals surface area contributed by atoms with Gasteiger partial charge in [0, 0.05) is 26.1 Å². The molecule has 0 saturated heterocycles. The van der Waals surface area contributed by atoms with E-state index < -0.39 is 0 Å². The summed E-state index contributed by atoms with van der Waals surface area (Å²) in [5.74, 6) is 1.55. The van der Waals surface area contributed by atoms with Gasteiger partial charge in [0.15, 0.2) is 0 Å². The Bertz CT molecular complexity index is 585. The summed E-state index contributed by atoms with van der Waals surface area (Å²) in [7, 11) is 0. The first-order chi connectivity index (χ1) is 10.7. The smallest absolute Gasteiger partial charge is 0.341 e. The maximum absolute atomic E-state index is 12.5. The van der Waals surface area contributed by atoms with Gasteiger partial charge in [-0.3, -0.25) is 9.36 Å². The summed E-state index contributed by atoms with van der Waals surface area (Å²) in [6, 6.07) is 0. The minimum absolute atomic E-state index is 0.0316. The van der Waals surface area contributed by atoms with Crippen molar-refractivity contribution in [2.45, 2.75) is 65.0 Å². The van der Waals surface area contributed by atoms with E-state index in [1.165, 1.54) is 17.5 Å². The van der Waals surface area contributed by atoms with Crippen molar-refractivity contribution >= 4 is 5.91 Å². The molecule has 1 aliphatic heterocycles. The molecule has 1 fully saturated rings. The first-order valence-electron chi connectivity index (χ1n) is 8.63. The molecule has 22 heavy (non-hydrogen) atoms. The predicted molar refractivity (Wildman–Crippen MR) is 83.6 cm³/mol. The van der Waals surface area contributed by atoms with Crippen LogP contribution in [0.1, 0.15) is 51.3 Å². The highest BCUT2D eigenvalue weighted by Crippen LogP contribution is 2.29. The van der Waals surface area contributed by atoms with Gasteiger partial charge in [0.25, 0.3) is 0 Å². The van der Waals surface area contributed by atoms with E-state index >= 15 is 0 Å². The van der Waals surface area contributed by atoms with Crippen molar-refractivity contribution < 1.29 is 4.79 Å². The van der Waals surface area contributed by atoms with E-state index in [1.807, 2.05) is 4.90 Å². The highest BCUT2D eigenvalue weighted by molar-refractivity contribution is 5.75. The molecule has 0 bridgehead atoms. The Morgan fingerprint density at radius 1 is 1.32 bits per heavy atom. The van der Waals surface area contributed by atoms with Crippen LogP contribution in [0.5, 0.6) is 0 Å². The Morgan fingerprint density at radius 3 is 2.86 bits per heavy atom. The zero-order valence-corrected chi connectivity index (χ0v) is 13.5. The predicted octanol–water partition coefficient (Wildman–Crippen LogP) is 1.42. The summed E-state index contributed by atoms with van der Waals surface area (Å²) in [5.41, 5.74) is -0.117. The van der Waals surface area contributed by atoms with Gasteiger partial charge in [-0.15, -0.1) is 0 Å². The second-order valence-corrected chi connectivity index (χ2v) is 6.60. The molecule has 1 aromatic heterocycles. The van der Waals surface area contributed by atoms with E-state index in [2.05, 4.69) is 12.0 Å². The van der Waals surface area contributed by atoms with Crippen LogP contribution in [0.3, 0.4) is 0 Å². The Balaban J connectivity index is 1.71. The van der Waals surface area contributed by atoms with E-state index in [0.717, 1.165) is 57.6 Å². The molecule has 2 aliphatic rings. The minimum Gasteiger partial charge on any atom is -0.341 e. The van der Waals surface area contributed by atoms with Crippen molar-refractivity contribution in [3.63, 3.8) is 0 Å². The number of fused-ring (bicyclic) bond motifs is 1. The van der Waals surface area contributed by atoms with E-state index in [9.17, 15) is 9.59 Å². The second-order valence-electron chi connectivity index (χ2n) is 6.60. The van der Waals surface area contributed by atoms with E-state index in [4.69, 9.17) is 0 Å². The van der Waals surface area contributed by atoms with Crippen LogP contribution in [0.4, 0.5) is 0 Å². The molecule has 122 valence electrons. The molecule has 1 aromatic rings. The van der Waals surface area contributed by atoms with Gasteiger partial charge in [-0.2, -0.15) is 5.10 Å². The van der Waals surface area contributed by atoms with Gasteiger partial charge in [0.1, 0.15) is 12.4 Å². The first-order valence-corrected chi connectivity index (χ1v) is 8.63. The lowest BCUT2D eigenvalue weighted by molar-refractivity contribution is -0.132. The Hall–Kier alpha value is -1.59. The lowest BCUT2D eigenvalue weighted by Crippen LogP contribution is -2.38. The van der Waals surface area contributed by atoms with Crippen molar-refractivity contribution in [1.82, 2.24) is 19.2 Å². The molecule has 0 unspecified atom stereocenters. The van der Waals surface area contributed by atoms with Crippen LogP contribution >= 0.6 is 0 Å². The number of carbonyl (C=O) groups is 1. The van der Waals surface area contributed by atoms with Crippen LogP contribution in [-0.4, -0.2) is 38.2 Å². The summed E-state index contributed by atoms with van der Waals surface area (Å²) in [4.78, 5) is 26.8. The molecule has 0 radical (unpaired) electrons. The number of aromatic nitrogens is 3. The van der Waals surface area contributed by atoms with E-state index in [-0.39, 0.29) is 18.1 Å². The lowest BCUT2D eigenvalue weighted by atomic mass is 10.2. The average Bonchev–Trinajstić information content (AvgIpc) is 3.29. The lowest BCUT2D eigenvalue weighted by Gasteiger charge is -2.21. The monoisotopic (exact) mass is 306 g/mol. The standard InChI is InChI=1S/C16H26N4O2/c1-2-9-18(11-13-7-8-13)15(21)12-20-16(22)19-10-5-3-4-6-14(19)17-20/h13H,2-12H2,1H3. The van der Waals surface area contributed by atoms with Crippen LogP contribution in [0.2, 0.25) is 0 Å². The van der Waals surface area contributed by atoms with Gasteiger partial charge < -0.3 is 4.90 Å². The third-order valence-electron chi connectivity index (χ3n) is 4.59. The minimum atomic E-state index is -0.117. The zero-order valence-electron chi connectivity index (χ0n) is 13.5. The fourth-order valence-corrected chi connectivity index (χ4v) is 3.16. The maximum atomic E-state index is 12.5. The number of aryl methyl sites for hydroxylation is 1. The molecular weight excluding hydrogens is 280 g/mol. The molecule has 1 aliphatic carbocycles. The molecule has 0 aromatic carbocycles. The molecule has 1 amide bonds. The maximum Gasteiger partial charge on any atom is 0.346 e. The number of nitrogens with zero attached hydrogens (tertiary/aromatic N) is 4. The summed E-state index contributed by atoms with van der Waals surface area (Å²) < 4.78 is 3.13. The van der Waals surface area contributed by atoms with Gasteiger partial charge in [-0.05, 0) is 38.0 Å². The molecule has 3 rings (SSSR count). The van der Waals surface area contributed by atoms with Gasteiger partial charge in [0.2, 0.25) is 5.91 Å². The van der Waals surface area contributed by atoms with Crippen molar-refractivity contribution in [3.05, 3.63) is 16.3 Å². The SMILES string of the molecule is CCCN(CC1CC1)C(=O)Cn1nc2n(c1=O)CCCCC2. The van der Waals surface area contributed by atoms with Gasteiger partial charge in [0.05, 0.1) is 0 Å². The zero-order chi connectivity index (χ0) is 15.5. The number of carbonyl (C=O) groups excluding carboxylic acids is 1. The van der Waals surface area contributed by atoms with Crippen molar-refractivity contribution in [3.8, 4) is 0 Å². The van der Waals surface area contributed by atoms with E-state index in [0.29, 0.717) is 5.92 Å². The Labute approximate surface area is 131 Å². The Morgan fingerprint density at radius 2 is 2.14 bits per heavy atom. The number of rotatable bonds is 6. The molecule has 0 N–H and O–H groups in total. The molecule has 2 heterocycles. The van der Waals surface area contributed by atoms with Crippen LogP contribution in [0.25, 0.3) is 0 Å². The van der Waals surface area contributed by atoms with Crippen molar-refractivity contribution in [1.29, 1.82) is 0 Å². The number of hydrogen-bond acceptors (Lipinski definition) is 3. The number of hydrogen-bond donors (Lipinski definition) is 0. The van der Waals surface area contributed by atoms with Gasteiger partial charge >= 0.3 is 5.69 Å². The largest absolute Gasteiger partial charge is 0.346 e. The molecule has 0 spiro atoms. The quantitative estimate of drug-likeness (QED) is 0.798. The highest BCUT2D eigenvalue weighted by Gasteiger charge is 2.27.